The van der Waals surface area contributed by atoms with Gasteiger partial charge < -0.3 is 19.8 Å². The molecule has 1 aromatic rings. The van der Waals surface area contributed by atoms with Gasteiger partial charge in [0.15, 0.2) is 0 Å². The molecule has 0 bridgehead atoms. The number of hydrogen-bond donors (Lipinski definition) is 0. The smallest absolute Gasteiger partial charge is 0.549 e. The summed E-state index contributed by atoms with van der Waals surface area (Å²) in [5, 5.41) is 22.8. The van der Waals surface area contributed by atoms with E-state index >= 15 is 0 Å². The molecule has 0 atom stereocenters. The molecule has 4 nitrogen and oxygen atoms in total. The molecule has 1 rings (SSSR count). The van der Waals surface area contributed by atoms with Crippen LogP contribution in [0.4, 0.5) is 0 Å². The number of aliphatic carboxylic acids is 2. The topological polar surface area (TPSA) is 80.3 Å². The first-order chi connectivity index (χ1) is 7.74. The van der Waals surface area contributed by atoms with Crippen molar-refractivity contribution in [3.05, 3.63) is 35.9 Å². The van der Waals surface area contributed by atoms with Gasteiger partial charge in [0.25, 0.3) is 0 Å². The predicted molar refractivity (Wildman–Crippen MR) is 57.6 cm³/mol. The van der Waals surface area contributed by atoms with Crippen LogP contribution in [0.2, 0.25) is 0 Å². The van der Waals surface area contributed by atoms with Crippen LogP contribution in [0.15, 0.2) is 30.3 Å². The van der Waals surface area contributed by atoms with E-state index < -0.39 is 22.8 Å². The van der Waals surface area contributed by atoms with Gasteiger partial charge in [0, 0.05) is 0 Å². The summed E-state index contributed by atoms with van der Waals surface area (Å²) >= 11 is 0. The minimum absolute atomic E-state index is 0. The quantitative estimate of drug-likeness (QED) is 0.401. The number of carboxylic acids is 2. The molecule has 0 spiro atoms. The van der Waals surface area contributed by atoms with Gasteiger partial charge in [0.2, 0.25) is 0 Å². The summed E-state index contributed by atoms with van der Waals surface area (Å²) in [6.07, 6.45) is 0. The Morgan fingerprint density at radius 3 is 1.58 bits per heavy atom. The fourth-order valence-corrected chi connectivity index (χ4v) is 2.05. The minimum atomic E-state index is -2.16. The summed E-state index contributed by atoms with van der Waals surface area (Å²) in [6, 6.07) is 7.76. The van der Waals surface area contributed by atoms with Gasteiger partial charge in [0.05, 0.1) is 17.4 Å². The number of hydrogen-bond acceptors (Lipinski definition) is 4. The molecule has 1 aromatic carbocycles. The van der Waals surface area contributed by atoms with Crippen LogP contribution in [0.25, 0.3) is 0 Å². The van der Waals surface area contributed by atoms with Crippen molar-refractivity contribution in [1.82, 2.24) is 0 Å². The zero-order valence-corrected chi connectivity index (χ0v) is 14.0. The molecule has 0 aliphatic carbocycles. The van der Waals surface area contributed by atoms with Crippen LogP contribution < -0.4 is 58.6 Å². The van der Waals surface area contributed by atoms with Crippen LogP contribution in [-0.4, -0.2) is 11.9 Å². The molecule has 0 aliphatic heterocycles. The van der Waals surface area contributed by atoms with Gasteiger partial charge in [-0.2, -0.15) is 0 Å². The van der Waals surface area contributed by atoms with Crippen LogP contribution in [0.3, 0.4) is 0 Å². The van der Waals surface area contributed by atoms with Crippen molar-refractivity contribution in [3.63, 3.8) is 0 Å². The van der Waals surface area contributed by atoms with Gasteiger partial charge in [-0.1, -0.05) is 51.1 Å². The normalized spacial score (nSPS) is 10.9. The second-order valence-electron chi connectivity index (χ2n) is 4.94. The van der Waals surface area contributed by atoms with Gasteiger partial charge >= 0.3 is 48.4 Å². The Hall–Kier alpha value is -0.243. The molecule has 0 aliphatic rings. The second kappa shape index (κ2) is 7.52. The van der Waals surface area contributed by atoms with E-state index in [0.29, 0.717) is 0 Å². The summed E-state index contributed by atoms with van der Waals surface area (Å²) in [5.41, 5.74) is -3.06. The zero-order chi connectivity index (χ0) is 13.3. The van der Waals surface area contributed by atoms with Crippen molar-refractivity contribution < 1.29 is 68.2 Å². The van der Waals surface area contributed by atoms with Crippen LogP contribution in [-0.2, 0) is 15.0 Å². The van der Waals surface area contributed by atoms with Gasteiger partial charge in [0.1, 0.15) is 0 Å². The van der Waals surface area contributed by atoms with Crippen LogP contribution in [0.5, 0.6) is 0 Å². The van der Waals surface area contributed by atoms with Crippen LogP contribution >= 0.6 is 0 Å². The molecule has 0 N–H and O–H groups in total. The fraction of sp³-hybridized carbons (Fsp3) is 0.385. The number of rotatable bonds is 3. The van der Waals surface area contributed by atoms with Crippen molar-refractivity contribution in [1.29, 1.82) is 0 Å². The number of carbonyl (C=O) groups excluding carboxylic acids is 2. The number of benzene rings is 1. The van der Waals surface area contributed by atoms with E-state index in [0.717, 1.165) is 0 Å². The Morgan fingerprint density at radius 2 is 1.32 bits per heavy atom. The maximum absolute atomic E-state index is 11.4. The molecule has 0 unspecified atom stereocenters. The fourth-order valence-electron chi connectivity index (χ4n) is 2.05. The van der Waals surface area contributed by atoms with Crippen molar-refractivity contribution in [3.8, 4) is 0 Å². The minimum Gasteiger partial charge on any atom is -0.549 e. The molecular formula is C13H14LiNaO4. The molecular weight excluding hydrogens is 250 g/mol. The Balaban J connectivity index is 0. The van der Waals surface area contributed by atoms with E-state index in [2.05, 4.69) is 0 Å². The Labute approximate surface area is 147 Å². The molecule has 0 aromatic heterocycles. The maximum atomic E-state index is 11.4. The molecule has 0 radical (unpaired) electrons. The monoisotopic (exact) mass is 264 g/mol. The largest absolute Gasteiger partial charge is 1.00 e. The van der Waals surface area contributed by atoms with Crippen molar-refractivity contribution in [2.24, 2.45) is 5.41 Å². The Bertz CT molecular complexity index is 426. The molecule has 92 valence electrons. The Kier molecular flexibility index (Phi) is 8.33. The average Bonchev–Trinajstić information content (AvgIpc) is 2.16. The Morgan fingerprint density at radius 1 is 0.947 bits per heavy atom. The third-order valence-electron chi connectivity index (χ3n) is 2.94. The SMILES string of the molecule is CC(C)(C)C(C(=O)[O-])(C(=O)[O-])c1ccccc1.[Li+].[Na+]. The molecule has 0 heterocycles. The predicted octanol–water partition coefficient (Wildman–Crippen LogP) is -6.52. The standard InChI is InChI=1S/C13H16O4.Li.Na/c1-12(2,3)13(10(14)15,11(16)17)9-7-5-4-6-8-9;;/h4-8H,1-3H3,(H,14,15)(H,16,17);;/q;2*+1/p-2. The first-order valence-electron chi connectivity index (χ1n) is 5.23. The van der Waals surface area contributed by atoms with Crippen LogP contribution in [0.1, 0.15) is 26.3 Å². The van der Waals surface area contributed by atoms with E-state index in [4.69, 9.17) is 0 Å². The van der Waals surface area contributed by atoms with Gasteiger partial charge in [-0.05, 0) is 11.0 Å². The molecule has 0 fully saturated rings. The van der Waals surface area contributed by atoms with Gasteiger partial charge in [-0.15, -0.1) is 0 Å². The summed E-state index contributed by atoms with van der Waals surface area (Å²) < 4.78 is 0. The molecule has 0 saturated carbocycles. The third-order valence-corrected chi connectivity index (χ3v) is 2.94. The van der Waals surface area contributed by atoms with Gasteiger partial charge in [-0.3, -0.25) is 0 Å². The van der Waals surface area contributed by atoms with E-state index in [9.17, 15) is 19.8 Å². The molecule has 0 saturated heterocycles. The number of carbonyl (C=O) groups is 2. The summed E-state index contributed by atoms with van der Waals surface area (Å²) in [5.74, 6) is -3.31. The first-order valence-corrected chi connectivity index (χ1v) is 5.23. The van der Waals surface area contributed by atoms with Gasteiger partial charge in [-0.25, -0.2) is 0 Å². The van der Waals surface area contributed by atoms with E-state index in [1.165, 1.54) is 32.9 Å². The molecule has 19 heavy (non-hydrogen) atoms. The van der Waals surface area contributed by atoms with Crippen molar-refractivity contribution in [2.45, 2.75) is 26.2 Å². The maximum Gasteiger partial charge on any atom is 1.00 e. The van der Waals surface area contributed by atoms with Crippen molar-refractivity contribution >= 4 is 11.9 Å². The second-order valence-corrected chi connectivity index (χ2v) is 4.94. The molecule has 0 amide bonds. The van der Waals surface area contributed by atoms with E-state index in [-0.39, 0.29) is 54.0 Å². The third kappa shape index (κ3) is 3.65. The van der Waals surface area contributed by atoms with Crippen LogP contribution in [0, 0.1) is 5.41 Å². The van der Waals surface area contributed by atoms with Crippen molar-refractivity contribution in [2.75, 3.05) is 0 Å². The number of carboxylic acid groups (broad SMARTS) is 2. The summed E-state index contributed by atoms with van der Waals surface area (Å²) in [6.45, 7) is 4.60. The average molecular weight is 264 g/mol. The molecule has 6 heteroatoms. The summed E-state index contributed by atoms with van der Waals surface area (Å²) in [7, 11) is 0. The zero-order valence-electron chi connectivity index (χ0n) is 12.0. The van der Waals surface area contributed by atoms with E-state index in [1.807, 2.05) is 0 Å². The summed E-state index contributed by atoms with van der Waals surface area (Å²) in [4.78, 5) is 22.8. The van der Waals surface area contributed by atoms with E-state index in [1.54, 1.807) is 18.2 Å². The first kappa shape index (κ1) is 21.1.